The second-order valence-corrected chi connectivity index (χ2v) is 8.01. The summed E-state index contributed by atoms with van der Waals surface area (Å²) < 4.78 is 35.4. The van der Waals surface area contributed by atoms with E-state index in [2.05, 4.69) is 10.6 Å². The number of carbonyl (C=O) groups excluding carboxylic acids is 1. The highest BCUT2D eigenvalue weighted by Gasteiger charge is 2.22. The number of primary sulfonamides is 1. The van der Waals surface area contributed by atoms with Gasteiger partial charge < -0.3 is 10.6 Å². The molecule has 0 saturated heterocycles. The molecule has 0 fully saturated rings. The molecular formula is C18H22FN3O3S. The van der Waals surface area contributed by atoms with Crippen LogP contribution in [0.1, 0.15) is 25.0 Å². The van der Waals surface area contributed by atoms with E-state index in [0.717, 1.165) is 11.1 Å². The minimum absolute atomic E-state index is 0.0491. The van der Waals surface area contributed by atoms with Crippen LogP contribution in [0.5, 0.6) is 0 Å². The number of urea groups is 1. The van der Waals surface area contributed by atoms with Gasteiger partial charge in [0.1, 0.15) is 5.82 Å². The van der Waals surface area contributed by atoms with Gasteiger partial charge in [0.25, 0.3) is 0 Å². The molecule has 2 aromatic carbocycles. The van der Waals surface area contributed by atoms with Crippen molar-refractivity contribution in [3.05, 3.63) is 65.5 Å². The van der Waals surface area contributed by atoms with E-state index in [1.807, 2.05) is 13.8 Å². The van der Waals surface area contributed by atoms with E-state index in [1.54, 1.807) is 24.3 Å². The Morgan fingerprint density at radius 1 is 1.08 bits per heavy atom. The van der Waals surface area contributed by atoms with Crippen LogP contribution < -0.4 is 15.8 Å². The standard InChI is InChI=1S/C18H22FN3O3S/c1-18(2,14-5-7-15(19)8-6-14)22-17(23)21-12-11-13-3-9-16(10-4-13)26(20,24)25/h3-10H,11-12H2,1-2H3,(H2,20,24,25)(H2,21,22,23). The molecule has 140 valence electrons. The van der Waals surface area contributed by atoms with Crippen molar-refractivity contribution in [3.8, 4) is 0 Å². The first-order valence-corrected chi connectivity index (χ1v) is 9.56. The molecule has 2 aromatic rings. The molecule has 6 nitrogen and oxygen atoms in total. The summed E-state index contributed by atoms with van der Waals surface area (Å²) in [6.07, 6.45) is 0.537. The van der Waals surface area contributed by atoms with Crippen LogP contribution >= 0.6 is 0 Å². The summed E-state index contributed by atoms with van der Waals surface area (Å²) in [4.78, 5) is 12.1. The Labute approximate surface area is 152 Å². The highest BCUT2D eigenvalue weighted by atomic mass is 32.2. The van der Waals surface area contributed by atoms with Gasteiger partial charge in [-0.2, -0.15) is 0 Å². The first kappa shape index (κ1) is 19.9. The predicted molar refractivity (Wildman–Crippen MR) is 97.5 cm³/mol. The molecular weight excluding hydrogens is 357 g/mol. The Balaban J connectivity index is 1.86. The maximum Gasteiger partial charge on any atom is 0.315 e. The lowest BCUT2D eigenvalue weighted by atomic mass is 9.94. The molecule has 2 amide bonds. The van der Waals surface area contributed by atoms with Crippen molar-refractivity contribution < 1.29 is 17.6 Å². The minimum atomic E-state index is -3.71. The third kappa shape index (κ3) is 5.53. The largest absolute Gasteiger partial charge is 0.338 e. The molecule has 26 heavy (non-hydrogen) atoms. The summed E-state index contributed by atoms with van der Waals surface area (Å²) in [5.74, 6) is -0.331. The number of sulfonamides is 1. The third-order valence-corrected chi connectivity index (χ3v) is 4.87. The maximum atomic E-state index is 13.0. The molecule has 0 bridgehead atoms. The van der Waals surface area contributed by atoms with E-state index in [9.17, 15) is 17.6 Å². The molecule has 0 heterocycles. The fourth-order valence-corrected chi connectivity index (χ4v) is 2.95. The number of halogens is 1. The van der Waals surface area contributed by atoms with Gasteiger partial charge in [0, 0.05) is 6.54 Å². The average Bonchev–Trinajstić information content (AvgIpc) is 2.54. The molecule has 0 spiro atoms. The first-order valence-electron chi connectivity index (χ1n) is 8.02. The van der Waals surface area contributed by atoms with Crippen molar-refractivity contribution in [2.45, 2.75) is 30.7 Å². The zero-order valence-corrected chi connectivity index (χ0v) is 15.4. The van der Waals surface area contributed by atoms with Crippen molar-refractivity contribution in [1.29, 1.82) is 0 Å². The van der Waals surface area contributed by atoms with Crippen LogP contribution in [0, 0.1) is 5.82 Å². The second kappa shape index (κ2) is 7.84. The molecule has 4 N–H and O–H groups in total. The van der Waals surface area contributed by atoms with Gasteiger partial charge >= 0.3 is 6.03 Å². The van der Waals surface area contributed by atoms with E-state index < -0.39 is 15.6 Å². The van der Waals surface area contributed by atoms with E-state index in [1.165, 1.54) is 24.3 Å². The molecule has 0 aliphatic carbocycles. The summed E-state index contributed by atoms with van der Waals surface area (Å²) in [6, 6.07) is 11.8. The summed E-state index contributed by atoms with van der Waals surface area (Å²) in [6.45, 7) is 4.03. The summed E-state index contributed by atoms with van der Waals surface area (Å²) >= 11 is 0. The van der Waals surface area contributed by atoms with Crippen LogP contribution in [-0.2, 0) is 22.0 Å². The zero-order valence-electron chi connectivity index (χ0n) is 14.6. The molecule has 2 rings (SSSR count). The Morgan fingerprint density at radius 3 is 2.19 bits per heavy atom. The normalized spacial score (nSPS) is 11.8. The highest BCUT2D eigenvalue weighted by Crippen LogP contribution is 2.20. The summed E-state index contributed by atoms with van der Waals surface area (Å²) in [7, 11) is -3.71. The van der Waals surface area contributed by atoms with Crippen LogP contribution in [0.15, 0.2) is 53.4 Å². The van der Waals surface area contributed by atoms with Gasteiger partial charge in [0.05, 0.1) is 10.4 Å². The lowest BCUT2D eigenvalue weighted by molar-refractivity contribution is 0.230. The van der Waals surface area contributed by atoms with Crippen molar-refractivity contribution in [1.82, 2.24) is 10.6 Å². The van der Waals surface area contributed by atoms with Gasteiger partial charge in [0.15, 0.2) is 0 Å². The van der Waals surface area contributed by atoms with Gasteiger partial charge in [-0.05, 0) is 55.7 Å². The van der Waals surface area contributed by atoms with E-state index in [-0.39, 0.29) is 16.7 Å². The van der Waals surface area contributed by atoms with Crippen molar-refractivity contribution >= 4 is 16.1 Å². The van der Waals surface area contributed by atoms with E-state index >= 15 is 0 Å². The van der Waals surface area contributed by atoms with Gasteiger partial charge in [-0.1, -0.05) is 24.3 Å². The predicted octanol–water partition coefficient (Wildman–Crippen LogP) is 2.25. The lowest BCUT2D eigenvalue weighted by Gasteiger charge is -2.27. The smallest absolute Gasteiger partial charge is 0.315 e. The lowest BCUT2D eigenvalue weighted by Crippen LogP contribution is -2.46. The molecule has 0 unspecified atom stereocenters. The zero-order chi connectivity index (χ0) is 19.4. The molecule has 0 saturated carbocycles. The number of nitrogens with two attached hydrogens (primary N) is 1. The van der Waals surface area contributed by atoms with Crippen LogP contribution in [0.25, 0.3) is 0 Å². The quantitative estimate of drug-likeness (QED) is 0.717. The minimum Gasteiger partial charge on any atom is -0.338 e. The first-order chi connectivity index (χ1) is 12.1. The monoisotopic (exact) mass is 379 g/mol. The van der Waals surface area contributed by atoms with Gasteiger partial charge in [0.2, 0.25) is 10.0 Å². The number of benzene rings is 2. The topological polar surface area (TPSA) is 101 Å². The highest BCUT2D eigenvalue weighted by molar-refractivity contribution is 7.89. The Kier molecular flexibility index (Phi) is 5.99. The number of nitrogens with one attached hydrogen (secondary N) is 2. The van der Waals surface area contributed by atoms with Gasteiger partial charge in [-0.25, -0.2) is 22.7 Å². The Bertz CT molecular complexity index is 864. The van der Waals surface area contributed by atoms with Crippen molar-refractivity contribution in [3.63, 3.8) is 0 Å². The maximum absolute atomic E-state index is 13.0. The van der Waals surface area contributed by atoms with Crippen molar-refractivity contribution in [2.24, 2.45) is 5.14 Å². The van der Waals surface area contributed by atoms with Gasteiger partial charge in [-0.15, -0.1) is 0 Å². The van der Waals surface area contributed by atoms with Crippen LogP contribution in [-0.4, -0.2) is 21.0 Å². The number of amides is 2. The van der Waals surface area contributed by atoms with Gasteiger partial charge in [-0.3, -0.25) is 0 Å². The summed E-state index contributed by atoms with van der Waals surface area (Å²) in [5, 5.41) is 10.6. The molecule has 8 heteroatoms. The SMILES string of the molecule is CC(C)(NC(=O)NCCc1ccc(S(N)(=O)=O)cc1)c1ccc(F)cc1. The van der Waals surface area contributed by atoms with Crippen LogP contribution in [0.4, 0.5) is 9.18 Å². The molecule has 0 aliphatic heterocycles. The fraction of sp³-hybridized carbons (Fsp3) is 0.278. The van der Waals surface area contributed by atoms with E-state index in [4.69, 9.17) is 5.14 Å². The summed E-state index contributed by atoms with van der Waals surface area (Å²) in [5.41, 5.74) is 0.998. The average molecular weight is 379 g/mol. The molecule has 0 aliphatic rings. The Morgan fingerprint density at radius 2 is 1.65 bits per heavy atom. The van der Waals surface area contributed by atoms with Crippen LogP contribution in [0.3, 0.4) is 0 Å². The van der Waals surface area contributed by atoms with E-state index in [0.29, 0.717) is 13.0 Å². The number of carbonyl (C=O) groups is 1. The molecule has 0 atom stereocenters. The molecule has 0 radical (unpaired) electrons. The van der Waals surface area contributed by atoms with Crippen molar-refractivity contribution in [2.75, 3.05) is 6.54 Å². The third-order valence-electron chi connectivity index (χ3n) is 3.94. The molecule has 0 aromatic heterocycles. The van der Waals surface area contributed by atoms with Crippen LogP contribution in [0.2, 0.25) is 0 Å². The Hall–Kier alpha value is -2.45. The fourth-order valence-electron chi connectivity index (χ4n) is 2.43. The second-order valence-electron chi connectivity index (χ2n) is 6.45. The number of hydrogen-bond acceptors (Lipinski definition) is 3. The number of rotatable bonds is 6. The number of hydrogen-bond donors (Lipinski definition) is 3.